The molecule has 1 aromatic carbocycles. The van der Waals surface area contributed by atoms with E-state index in [0.29, 0.717) is 6.42 Å². The zero-order chi connectivity index (χ0) is 13.3. The SMILES string of the molecule is Cc1ccc(C(C)(O)Cc2ccc(F)c(Cl)c2)s1. The average molecular weight is 285 g/mol. The van der Waals surface area contributed by atoms with Gasteiger partial charge in [0.15, 0.2) is 0 Å². The van der Waals surface area contributed by atoms with Gasteiger partial charge in [0.2, 0.25) is 0 Å². The van der Waals surface area contributed by atoms with Crippen molar-refractivity contribution in [3.63, 3.8) is 0 Å². The number of aliphatic hydroxyl groups is 1. The van der Waals surface area contributed by atoms with Gasteiger partial charge in [-0.05, 0) is 43.7 Å². The molecular weight excluding hydrogens is 271 g/mol. The Bertz CT molecular complexity index is 563. The predicted octanol–water partition coefficient (Wildman–Crippen LogP) is 4.30. The first-order valence-corrected chi connectivity index (χ1v) is 6.81. The summed E-state index contributed by atoms with van der Waals surface area (Å²) in [6, 6.07) is 8.44. The van der Waals surface area contributed by atoms with Crippen LogP contribution in [0.25, 0.3) is 0 Å². The molecule has 1 nitrogen and oxygen atoms in total. The molecule has 0 radical (unpaired) electrons. The topological polar surface area (TPSA) is 20.2 Å². The van der Waals surface area contributed by atoms with Gasteiger partial charge >= 0.3 is 0 Å². The minimum Gasteiger partial charge on any atom is -0.384 e. The Morgan fingerprint density at radius 1 is 1.33 bits per heavy atom. The smallest absolute Gasteiger partial charge is 0.141 e. The summed E-state index contributed by atoms with van der Waals surface area (Å²) < 4.78 is 13.1. The normalized spacial score (nSPS) is 14.5. The molecule has 0 aliphatic rings. The molecule has 0 saturated carbocycles. The van der Waals surface area contributed by atoms with Gasteiger partial charge in [-0.25, -0.2) is 4.39 Å². The highest BCUT2D eigenvalue weighted by Crippen LogP contribution is 2.31. The molecule has 1 aromatic heterocycles. The largest absolute Gasteiger partial charge is 0.384 e. The lowest BCUT2D eigenvalue weighted by molar-refractivity contribution is 0.0615. The Balaban J connectivity index is 2.24. The fourth-order valence-electron chi connectivity index (χ4n) is 1.86. The van der Waals surface area contributed by atoms with E-state index in [1.807, 2.05) is 19.1 Å². The monoisotopic (exact) mass is 284 g/mol. The predicted molar refractivity (Wildman–Crippen MR) is 73.7 cm³/mol. The van der Waals surface area contributed by atoms with E-state index in [1.54, 1.807) is 30.4 Å². The molecule has 4 heteroatoms. The van der Waals surface area contributed by atoms with Gasteiger partial charge in [0, 0.05) is 16.2 Å². The Morgan fingerprint density at radius 2 is 2.06 bits per heavy atom. The van der Waals surface area contributed by atoms with Gasteiger partial charge in [-0.3, -0.25) is 0 Å². The third-order valence-corrected chi connectivity index (χ3v) is 4.35. The zero-order valence-corrected chi connectivity index (χ0v) is 11.8. The molecule has 2 rings (SSSR count). The highest BCUT2D eigenvalue weighted by molar-refractivity contribution is 7.12. The third kappa shape index (κ3) is 2.91. The Morgan fingerprint density at radius 3 is 2.61 bits per heavy atom. The lowest BCUT2D eigenvalue weighted by atomic mass is 9.95. The van der Waals surface area contributed by atoms with E-state index in [0.717, 1.165) is 15.3 Å². The molecule has 0 fully saturated rings. The third-order valence-electron chi connectivity index (χ3n) is 2.80. The van der Waals surface area contributed by atoms with Gasteiger partial charge in [0.1, 0.15) is 5.82 Å². The molecule has 0 aliphatic carbocycles. The van der Waals surface area contributed by atoms with Crippen molar-refractivity contribution in [3.8, 4) is 0 Å². The van der Waals surface area contributed by atoms with E-state index in [1.165, 1.54) is 6.07 Å². The summed E-state index contributed by atoms with van der Waals surface area (Å²) in [6.45, 7) is 3.76. The molecule has 96 valence electrons. The van der Waals surface area contributed by atoms with Crippen LogP contribution in [0.2, 0.25) is 5.02 Å². The second-order valence-corrected chi connectivity index (χ2v) is 6.30. The van der Waals surface area contributed by atoms with E-state index in [-0.39, 0.29) is 5.02 Å². The standard InChI is InChI=1S/C14H14ClFOS/c1-9-3-6-13(18-9)14(2,17)8-10-4-5-12(16)11(15)7-10/h3-7,17H,8H2,1-2H3. The van der Waals surface area contributed by atoms with Gasteiger partial charge in [-0.1, -0.05) is 17.7 Å². The number of halogens is 2. The molecular formula is C14H14ClFOS. The summed E-state index contributed by atoms with van der Waals surface area (Å²) in [5.74, 6) is -0.438. The van der Waals surface area contributed by atoms with Crippen molar-refractivity contribution in [2.45, 2.75) is 25.9 Å². The Kier molecular flexibility index (Phi) is 3.76. The quantitative estimate of drug-likeness (QED) is 0.891. The maximum absolute atomic E-state index is 13.1. The van der Waals surface area contributed by atoms with Crippen molar-refractivity contribution in [1.82, 2.24) is 0 Å². The first-order valence-electron chi connectivity index (χ1n) is 5.62. The van der Waals surface area contributed by atoms with Gasteiger partial charge in [-0.2, -0.15) is 0 Å². The highest BCUT2D eigenvalue weighted by Gasteiger charge is 2.25. The van der Waals surface area contributed by atoms with Crippen molar-refractivity contribution in [2.75, 3.05) is 0 Å². The number of aryl methyl sites for hydroxylation is 1. The molecule has 0 bridgehead atoms. The molecule has 1 unspecified atom stereocenters. The molecule has 1 atom stereocenters. The molecule has 0 aliphatic heterocycles. The van der Waals surface area contributed by atoms with Crippen LogP contribution in [0.1, 0.15) is 22.2 Å². The lowest BCUT2D eigenvalue weighted by Gasteiger charge is -2.22. The van der Waals surface area contributed by atoms with Gasteiger partial charge in [0.05, 0.1) is 10.6 Å². The molecule has 0 spiro atoms. The van der Waals surface area contributed by atoms with Gasteiger partial charge in [0.25, 0.3) is 0 Å². The molecule has 0 amide bonds. The number of thiophene rings is 1. The zero-order valence-electron chi connectivity index (χ0n) is 10.2. The summed E-state index contributed by atoms with van der Waals surface area (Å²) in [7, 11) is 0. The number of hydrogen-bond donors (Lipinski definition) is 1. The lowest BCUT2D eigenvalue weighted by Crippen LogP contribution is -2.22. The minimum atomic E-state index is -0.958. The first-order chi connectivity index (χ1) is 8.38. The van der Waals surface area contributed by atoms with Crippen LogP contribution in [-0.4, -0.2) is 5.11 Å². The van der Waals surface area contributed by atoms with Crippen molar-refractivity contribution >= 4 is 22.9 Å². The van der Waals surface area contributed by atoms with Crippen LogP contribution in [0.15, 0.2) is 30.3 Å². The summed E-state index contributed by atoms with van der Waals surface area (Å²) >= 11 is 7.30. The molecule has 18 heavy (non-hydrogen) atoms. The maximum atomic E-state index is 13.1. The van der Waals surface area contributed by atoms with Crippen LogP contribution in [0.4, 0.5) is 4.39 Å². The number of benzene rings is 1. The molecule has 1 N–H and O–H groups in total. The Labute approximate surface area is 115 Å². The van der Waals surface area contributed by atoms with E-state index < -0.39 is 11.4 Å². The van der Waals surface area contributed by atoms with Crippen molar-refractivity contribution in [3.05, 3.63) is 56.5 Å². The minimum absolute atomic E-state index is 0.0886. The molecule has 0 saturated heterocycles. The van der Waals surface area contributed by atoms with Crippen molar-refractivity contribution in [1.29, 1.82) is 0 Å². The summed E-state index contributed by atoms with van der Waals surface area (Å²) in [6.07, 6.45) is 0.410. The number of hydrogen-bond acceptors (Lipinski definition) is 2. The van der Waals surface area contributed by atoms with Gasteiger partial charge < -0.3 is 5.11 Å². The Hall–Kier alpha value is -0.900. The van der Waals surface area contributed by atoms with Crippen LogP contribution in [0.3, 0.4) is 0 Å². The molecule has 2 aromatic rings. The summed E-state index contributed by atoms with van der Waals surface area (Å²) in [4.78, 5) is 2.06. The van der Waals surface area contributed by atoms with Crippen LogP contribution in [0, 0.1) is 12.7 Å². The maximum Gasteiger partial charge on any atom is 0.141 e. The van der Waals surface area contributed by atoms with Crippen molar-refractivity contribution in [2.24, 2.45) is 0 Å². The van der Waals surface area contributed by atoms with E-state index in [9.17, 15) is 9.50 Å². The highest BCUT2D eigenvalue weighted by atomic mass is 35.5. The van der Waals surface area contributed by atoms with E-state index in [2.05, 4.69) is 0 Å². The van der Waals surface area contributed by atoms with Gasteiger partial charge in [-0.15, -0.1) is 11.3 Å². The molecule has 1 heterocycles. The van der Waals surface area contributed by atoms with Crippen LogP contribution in [-0.2, 0) is 12.0 Å². The second kappa shape index (κ2) is 5.00. The number of rotatable bonds is 3. The summed E-state index contributed by atoms with van der Waals surface area (Å²) in [5.41, 5.74) is -0.141. The summed E-state index contributed by atoms with van der Waals surface area (Å²) in [5, 5.41) is 10.6. The fourth-order valence-corrected chi connectivity index (χ4v) is 2.97. The van der Waals surface area contributed by atoms with E-state index >= 15 is 0 Å². The van der Waals surface area contributed by atoms with Crippen LogP contribution < -0.4 is 0 Å². The van der Waals surface area contributed by atoms with Crippen LogP contribution >= 0.6 is 22.9 Å². The van der Waals surface area contributed by atoms with E-state index in [4.69, 9.17) is 11.6 Å². The van der Waals surface area contributed by atoms with Crippen LogP contribution in [0.5, 0.6) is 0 Å². The van der Waals surface area contributed by atoms with Crippen molar-refractivity contribution < 1.29 is 9.50 Å². The first kappa shape index (κ1) is 13.5. The average Bonchev–Trinajstić information content (AvgIpc) is 2.71. The second-order valence-electron chi connectivity index (χ2n) is 4.61. The fraction of sp³-hybridized carbons (Fsp3) is 0.286.